The molecule has 0 unspecified atom stereocenters. The van der Waals surface area contributed by atoms with Crippen molar-refractivity contribution in [2.75, 3.05) is 44.2 Å². The molecule has 0 N–H and O–H groups in total. The lowest BCUT2D eigenvalue weighted by atomic mass is 10.2. The number of pyridine rings is 1. The van der Waals surface area contributed by atoms with E-state index in [2.05, 4.69) is 22.0 Å². The van der Waals surface area contributed by atoms with Crippen LogP contribution in [-0.4, -0.2) is 65.9 Å². The minimum absolute atomic E-state index is 0.114. The molecule has 6 nitrogen and oxygen atoms in total. The third kappa shape index (κ3) is 4.27. The Hall–Kier alpha value is -2.89. The molecule has 1 aromatic heterocycles. The maximum atomic E-state index is 12.8. The molecule has 0 saturated carbocycles. The summed E-state index contributed by atoms with van der Waals surface area (Å²) in [5, 5.41) is 0. The van der Waals surface area contributed by atoms with E-state index in [0.717, 1.165) is 13.1 Å². The maximum absolute atomic E-state index is 12.8. The van der Waals surface area contributed by atoms with Crippen molar-refractivity contribution in [3.63, 3.8) is 0 Å². The van der Waals surface area contributed by atoms with Crippen molar-refractivity contribution in [1.82, 2.24) is 14.8 Å². The Morgan fingerprint density at radius 1 is 0.889 bits per heavy atom. The Bertz CT molecular complexity index is 782. The topological polar surface area (TPSA) is 56.8 Å². The number of anilines is 1. The van der Waals surface area contributed by atoms with Gasteiger partial charge in [-0.15, -0.1) is 0 Å². The van der Waals surface area contributed by atoms with Crippen LogP contribution in [0.3, 0.4) is 0 Å². The quantitative estimate of drug-likeness (QED) is 0.816. The molecule has 1 saturated heterocycles. The molecule has 27 heavy (non-hydrogen) atoms. The van der Waals surface area contributed by atoms with Crippen LogP contribution in [-0.2, 0) is 0 Å². The van der Waals surface area contributed by atoms with Gasteiger partial charge in [0.1, 0.15) is 11.4 Å². The highest BCUT2D eigenvalue weighted by molar-refractivity contribution is 5.96. The van der Waals surface area contributed by atoms with Crippen molar-refractivity contribution in [2.45, 2.75) is 13.8 Å². The van der Waals surface area contributed by atoms with E-state index < -0.39 is 0 Å². The van der Waals surface area contributed by atoms with Gasteiger partial charge in [0.15, 0.2) is 0 Å². The molecule has 0 spiro atoms. The summed E-state index contributed by atoms with van der Waals surface area (Å²) in [4.78, 5) is 35.5. The number of amides is 2. The van der Waals surface area contributed by atoms with Crippen LogP contribution in [0, 0.1) is 0 Å². The molecule has 142 valence electrons. The summed E-state index contributed by atoms with van der Waals surface area (Å²) in [6, 6.07) is 15.3. The molecule has 1 aliphatic heterocycles. The molecule has 0 bridgehead atoms. The van der Waals surface area contributed by atoms with Gasteiger partial charge in [-0.3, -0.25) is 9.59 Å². The fraction of sp³-hybridized carbons (Fsp3) is 0.381. The first-order valence-electron chi connectivity index (χ1n) is 9.49. The molecule has 0 atom stereocenters. The number of hydrogen-bond acceptors (Lipinski definition) is 4. The number of carbonyl (C=O) groups excluding carboxylic acids is 2. The molecule has 2 heterocycles. The van der Waals surface area contributed by atoms with Crippen molar-refractivity contribution >= 4 is 17.5 Å². The fourth-order valence-corrected chi connectivity index (χ4v) is 3.31. The third-order valence-electron chi connectivity index (χ3n) is 4.93. The Morgan fingerprint density at radius 3 is 2.15 bits per heavy atom. The lowest BCUT2D eigenvalue weighted by Crippen LogP contribution is -2.49. The standard InChI is InChI=1S/C21H26N4O2/c1-3-23(4-2)20(26)18-11-8-12-19(22-18)21(27)25-15-13-24(14-16-25)17-9-6-5-7-10-17/h5-12H,3-4,13-16H2,1-2H3. The third-order valence-corrected chi connectivity index (χ3v) is 4.93. The molecule has 1 aliphatic rings. The van der Waals surface area contributed by atoms with Crippen molar-refractivity contribution < 1.29 is 9.59 Å². The summed E-state index contributed by atoms with van der Waals surface area (Å²) in [5.74, 6) is -0.250. The smallest absolute Gasteiger partial charge is 0.272 e. The number of benzene rings is 1. The second-order valence-corrected chi connectivity index (χ2v) is 6.50. The van der Waals surface area contributed by atoms with E-state index in [-0.39, 0.29) is 11.8 Å². The highest BCUT2D eigenvalue weighted by Crippen LogP contribution is 2.16. The molecular formula is C21H26N4O2. The van der Waals surface area contributed by atoms with Crippen LogP contribution in [0.2, 0.25) is 0 Å². The Morgan fingerprint density at radius 2 is 1.52 bits per heavy atom. The highest BCUT2D eigenvalue weighted by Gasteiger charge is 2.24. The molecule has 2 amide bonds. The second-order valence-electron chi connectivity index (χ2n) is 6.50. The fourth-order valence-electron chi connectivity index (χ4n) is 3.31. The Kier molecular flexibility index (Phi) is 6.06. The van der Waals surface area contributed by atoms with E-state index in [4.69, 9.17) is 0 Å². The molecule has 2 aromatic rings. The highest BCUT2D eigenvalue weighted by atomic mass is 16.2. The Labute approximate surface area is 160 Å². The van der Waals surface area contributed by atoms with Crippen LogP contribution in [0.1, 0.15) is 34.8 Å². The van der Waals surface area contributed by atoms with E-state index in [1.165, 1.54) is 5.69 Å². The lowest BCUT2D eigenvalue weighted by molar-refractivity contribution is 0.0739. The minimum Gasteiger partial charge on any atom is -0.368 e. The number of rotatable bonds is 5. The minimum atomic E-state index is -0.136. The van der Waals surface area contributed by atoms with Crippen LogP contribution >= 0.6 is 0 Å². The average Bonchev–Trinajstić information content (AvgIpc) is 2.75. The first-order chi connectivity index (χ1) is 13.1. The summed E-state index contributed by atoms with van der Waals surface area (Å²) in [7, 11) is 0. The lowest BCUT2D eigenvalue weighted by Gasteiger charge is -2.36. The second kappa shape index (κ2) is 8.66. The van der Waals surface area contributed by atoms with Gasteiger partial charge in [-0.25, -0.2) is 4.98 Å². The molecule has 0 radical (unpaired) electrons. The molecule has 0 aliphatic carbocycles. The number of nitrogens with zero attached hydrogens (tertiary/aromatic N) is 4. The number of aromatic nitrogens is 1. The van der Waals surface area contributed by atoms with Crippen molar-refractivity contribution in [3.8, 4) is 0 Å². The summed E-state index contributed by atoms with van der Waals surface area (Å²) < 4.78 is 0. The summed E-state index contributed by atoms with van der Waals surface area (Å²) >= 11 is 0. The number of piperazine rings is 1. The first-order valence-corrected chi connectivity index (χ1v) is 9.49. The summed E-state index contributed by atoms with van der Waals surface area (Å²) in [6.07, 6.45) is 0. The summed E-state index contributed by atoms with van der Waals surface area (Å²) in [5.41, 5.74) is 1.84. The zero-order chi connectivity index (χ0) is 19.2. The SMILES string of the molecule is CCN(CC)C(=O)c1cccc(C(=O)N2CCN(c3ccccc3)CC2)n1. The van der Waals surface area contributed by atoms with Gasteiger partial charge in [0.25, 0.3) is 11.8 Å². The van der Waals surface area contributed by atoms with Crippen LogP contribution in [0.5, 0.6) is 0 Å². The Balaban J connectivity index is 1.67. The number of hydrogen-bond donors (Lipinski definition) is 0. The van der Waals surface area contributed by atoms with Crippen LogP contribution in [0.15, 0.2) is 48.5 Å². The average molecular weight is 366 g/mol. The van der Waals surface area contributed by atoms with Gasteiger partial charge >= 0.3 is 0 Å². The van der Waals surface area contributed by atoms with E-state index in [1.54, 1.807) is 23.1 Å². The van der Waals surface area contributed by atoms with Crippen molar-refractivity contribution in [2.24, 2.45) is 0 Å². The van der Waals surface area contributed by atoms with Gasteiger partial charge < -0.3 is 14.7 Å². The van der Waals surface area contributed by atoms with E-state index >= 15 is 0 Å². The first kappa shape index (κ1) is 18.9. The monoisotopic (exact) mass is 366 g/mol. The van der Waals surface area contributed by atoms with E-state index in [0.29, 0.717) is 37.6 Å². The number of para-hydroxylation sites is 1. The van der Waals surface area contributed by atoms with Crippen molar-refractivity contribution in [3.05, 3.63) is 59.9 Å². The maximum Gasteiger partial charge on any atom is 0.272 e. The van der Waals surface area contributed by atoms with Gasteiger partial charge in [0.2, 0.25) is 0 Å². The molecule has 6 heteroatoms. The van der Waals surface area contributed by atoms with Gasteiger partial charge in [-0.05, 0) is 38.1 Å². The predicted molar refractivity (Wildman–Crippen MR) is 106 cm³/mol. The molecular weight excluding hydrogens is 340 g/mol. The normalized spacial score (nSPS) is 14.1. The van der Waals surface area contributed by atoms with Crippen LogP contribution in [0.4, 0.5) is 5.69 Å². The van der Waals surface area contributed by atoms with E-state index in [9.17, 15) is 9.59 Å². The zero-order valence-corrected chi connectivity index (χ0v) is 16.0. The summed E-state index contributed by atoms with van der Waals surface area (Å²) in [6.45, 7) is 7.97. The van der Waals surface area contributed by atoms with Crippen LogP contribution < -0.4 is 4.90 Å². The zero-order valence-electron chi connectivity index (χ0n) is 16.0. The largest absolute Gasteiger partial charge is 0.368 e. The van der Waals surface area contributed by atoms with Crippen molar-refractivity contribution in [1.29, 1.82) is 0 Å². The van der Waals surface area contributed by atoms with Gasteiger partial charge in [-0.2, -0.15) is 0 Å². The van der Waals surface area contributed by atoms with E-state index in [1.807, 2.05) is 36.9 Å². The molecule has 1 fully saturated rings. The number of carbonyl (C=O) groups is 2. The van der Waals surface area contributed by atoms with Crippen LogP contribution in [0.25, 0.3) is 0 Å². The molecule has 3 rings (SSSR count). The predicted octanol–water partition coefficient (Wildman–Crippen LogP) is 2.53. The van der Waals surface area contributed by atoms with Gasteiger partial charge in [0, 0.05) is 45.0 Å². The van der Waals surface area contributed by atoms with Gasteiger partial charge in [0.05, 0.1) is 0 Å². The molecule has 1 aromatic carbocycles. The van der Waals surface area contributed by atoms with Gasteiger partial charge in [-0.1, -0.05) is 24.3 Å².